The zero-order valence-corrected chi connectivity index (χ0v) is 12.9. The molecule has 0 aliphatic carbocycles. The molecular formula is C14H20ClF2N3O2. The maximum atomic E-state index is 12.3. The fourth-order valence-corrected chi connectivity index (χ4v) is 2.21. The first-order valence-electron chi connectivity index (χ1n) is 6.92. The number of halogens is 3. The van der Waals surface area contributed by atoms with E-state index in [-0.39, 0.29) is 23.7 Å². The summed E-state index contributed by atoms with van der Waals surface area (Å²) in [6, 6.07) is 5.99. The standard InChI is InChI=1S/C14H19F2N3O2.ClH/c15-14(16)21-12-4-2-1-3-11(12)13(20)18-7-10-19-8-5-17-6-9-19;/h1-4,14,17H,5-10H2,(H,18,20);1H. The van der Waals surface area contributed by atoms with Crippen molar-refractivity contribution in [3.8, 4) is 5.75 Å². The van der Waals surface area contributed by atoms with Crippen molar-refractivity contribution in [1.82, 2.24) is 15.5 Å². The molecule has 1 amide bonds. The van der Waals surface area contributed by atoms with Crippen LogP contribution in [-0.2, 0) is 0 Å². The maximum absolute atomic E-state index is 12.3. The van der Waals surface area contributed by atoms with Gasteiger partial charge in [0, 0.05) is 39.3 Å². The summed E-state index contributed by atoms with van der Waals surface area (Å²) < 4.78 is 28.9. The summed E-state index contributed by atoms with van der Waals surface area (Å²) >= 11 is 0. The highest BCUT2D eigenvalue weighted by molar-refractivity contribution is 5.96. The minimum atomic E-state index is -2.94. The molecule has 2 N–H and O–H groups in total. The van der Waals surface area contributed by atoms with E-state index in [1.165, 1.54) is 12.1 Å². The molecule has 0 radical (unpaired) electrons. The van der Waals surface area contributed by atoms with Crippen molar-refractivity contribution in [2.24, 2.45) is 0 Å². The normalized spacial score (nSPS) is 15.2. The molecule has 0 saturated carbocycles. The summed E-state index contributed by atoms with van der Waals surface area (Å²) in [5, 5.41) is 5.98. The highest BCUT2D eigenvalue weighted by Gasteiger charge is 2.15. The molecule has 1 aromatic carbocycles. The van der Waals surface area contributed by atoms with Gasteiger partial charge in [0.25, 0.3) is 5.91 Å². The van der Waals surface area contributed by atoms with E-state index >= 15 is 0 Å². The van der Waals surface area contributed by atoms with Gasteiger partial charge in [0.2, 0.25) is 0 Å². The predicted octanol–water partition coefficient (Wildman–Crippen LogP) is 1.34. The van der Waals surface area contributed by atoms with Gasteiger partial charge in [0.15, 0.2) is 0 Å². The molecule has 0 spiro atoms. The number of carbonyl (C=O) groups excluding carboxylic acids is 1. The maximum Gasteiger partial charge on any atom is 0.387 e. The first kappa shape index (κ1) is 18.6. The smallest absolute Gasteiger partial charge is 0.387 e. The fraction of sp³-hybridized carbons (Fsp3) is 0.500. The molecule has 0 unspecified atom stereocenters. The first-order chi connectivity index (χ1) is 10.2. The van der Waals surface area contributed by atoms with Gasteiger partial charge in [-0.3, -0.25) is 9.69 Å². The minimum Gasteiger partial charge on any atom is -0.434 e. The van der Waals surface area contributed by atoms with Crippen LogP contribution in [0.15, 0.2) is 24.3 Å². The number of nitrogens with one attached hydrogen (secondary N) is 2. The monoisotopic (exact) mass is 335 g/mol. The molecule has 0 aromatic heterocycles. The van der Waals surface area contributed by atoms with E-state index in [1.807, 2.05) is 0 Å². The van der Waals surface area contributed by atoms with Crippen molar-refractivity contribution >= 4 is 18.3 Å². The lowest BCUT2D eigenvalue weighted by atomic mass is 10.2. The molecule has 1 fully saturated rings. The third-order valence-electron chi connectivity index (χ3n) is 3.27. The van der Waals surface area contributed by atoms with Gasteiger partial charge in [-0.15, -0.1) is 12.4 Å². The Morgan fingerprint density at radius 3 is 2.68 bits per heavy atom. The molecule has 1 heterocycles. The Morgan fingerprint density at radius 1 is 1.32 bits per heavy atom. The van der Waals surface area contributed by atoms with E-state index in [0.717, 1.165) is 32.7 Å². The van der Waals surface area contributed by atoms with E-state index in [2.05, 4.69) is 20.3 Å². The van der Waals surface area contributed by atoms with Crippen molar-refractivity contribution in [1.29, 1.82) is 0 Å². The van der Waals surface area contributed by atoms with Crippen molar-refractivity contribution in [3.63, 3.8) is 0 Å². The SMILES string of the molecule is Cl.O=C(NCCN1CCNCC1)c1ccccc1OC(F)F. The number of para-hydroxylation sites is 1. The quantitative estimate of drug-likeness (QED) is 0.824. The molecule has 1 aromatic rings. The topological polar surface area (TPSA) is 53.6 Å². The third kappa shape index (κ3) is 5.75. The highest BCUT2D eigenvalue weighted by atomic mass is 35.5. The Hall–Kier alpha value is -1.44. The minimum absolute atomic E-state index is 0. The van der Waals surface area contributed by atoms with Gasteiger partial charge in [0.05, 0.1) is 5.56 Å². The van der Waals surface area contributed by atoms with Crippen LogP contribution in [0.1, 0.15) is 10.4 Å². The van der Waals surface area contributed by atoms with Crippen LogP contribution in [0.5, 0.6) is 5.75 Å². The molecule has 8 heteroatoms. The van der Waals surface area contributed by atoms with E-state index in [1.54, 1.807) is 12.1 Å². The molecule has 124 valence electrons. The molecule has 0 atom stereocenters. The lowest BCUT2D eigenvalue weighted by Gasteiger charge is -2.27. The number of benzene rings is 1. The number of carbonyl (C=O) groups is 1. The first-order valence-corrected chi connectivity index (χ1v) is 6.92. The number of hydrogen-bond donors (Lipinski definition) is 2. The lowest BCUT2D eigenvalue weighted by Crippen LogP contribution is -2.46. The molecule has 0 bridgehead atoms. The summed E-state index contributed by atoms with van der Waals surface area (Å²) in [4.78, 5) is 14.3. The van der Waals surface area contributed by atoms with Crippen molar-refractivity contribution in [3.05, 3.63) is 29.8 Å². The molecule has 1 aliphatic heterocycles. The predicted molar refractivity (Wildman–Crippen MR) is 82.0 cm³/mol. The molecule has 22 heavy (non-hydrogen) atoms. The molecule has 2 rings (SSSR count). The Balaban J connectivity index is 0.00000242. The highest BCUT2D eigenvalue weighted by Crippen LogP contribution is 2.19. The summed E-state index contributed by atoms with van der Waals surface area (Å²) in [5.41, 5.74) is 0.123. The van der Waals surface area contributed by atoms with Crippen LogP contribution in [0.4, 0.5) is 8.78 Å². The van der Waals surface area contributed by atoms with E-state index in [9.17, 15) is 13.6 Å². The number of amides is 1. The number of piperazine rings is 1. The van der Waals surface area contributed by atoms with Gasteiger partial charge in [-0.05, 0) is 12.1 Å². The average molecular weight is 336 g/mol. The van der Waals surface area contributed by atoms with Crippen LogP contribution in [-0.4, -0.2) is 56.7 Å². The summed E-state index contributed by atoms with van der Waals surface area (Å²) in [6.45, 7) is 2.05. The van der Waals surface area contributed by atoms with E-state index in [4.69, 9.17) is 0 Å². The number of nitrogens with zero attached hydrogens (tertiary/aromatic N) is 1. The van der Waals surface area contributed by atoms with Crippen molar-refractivity contribution < 1.29 is 18.3 Å². The van der Waals surface area contributed by atoms with Gasteiger partial charge < -0.3 is 15.4 Å². The second-order valence-corrected chi connectivity index (χ2v) is 4.72. The van der Waals surface area contributed by atoms with Crippen LogP contribution in [0, 0.1) is 0 Å². The third-order valence-corrected chi connectivity index (χ3v) is 3.27. The van der Waals surface area contributed by atoms with Gasteiger partial charge in [0.1, 0.15) is 5.75 Å². The molecule has 1 aliphatic rings. The van der Waals surface area contributed by atoms with Gasteiger partial charge in [-0.25, -0.2) is 0 Å². The number of ether oxygens (including phenoxy) is 1. The lowest BCUT2D eigenvalue weighted by molar-refractivity contribution is -0.0501. The average Bonchev–Trinajstić information content (AvgIpc) is 2.48. The van der Waals surface area contributed by atoms with Crippen LogP contribution in [0.2, 0.25) is 0 Å². The summed E-state index contributed by atoms with van der Waals surface area (Å²) in [5.74, 6) is -0.506. The zero-order valence-electron chi connectivity index (χ0n) is 12.1. The second-order valence-electron chi connectivity index (χ2n) is 4.72. The van der Waals surface area contributed by atoms with Crippen molar-refractivity contribution in [2.75, 3.05) is 39.3 Å². The molecule has 1 saturated heterocycles. The second kappa shape index (κ2) is 9.55. The largest absolute Gasteiger partial charge is 0.434 e. The molecular weight excluding hydrogens is 316 g/mol. The van der Waals surface area contributed by atoms with Crippen molar-refractivity contribution in [2.45, 2.75) is 6.61 Å². The van der Waals surface area contributed by atoms with Gasteiger partial charge >= 0.3 is 6.61 Å². The van der Waals surface area contributed by atoms with Crippen LogP contribution < -0.4 is 15.4 Å². The van der Waals surface area contributed by atoms with Crippen LogP contribution >= 0.6 is 12.4 Å². The van der Waals surface area contributed by atoms with Gasteiger partial charge in [-0.1, -0.05) is 12.1 Å². The van der Waals surface area contributed by atoms with E-state index in [0.29, 0.717) is 6.54 Å². The summed E-state index contributed by atoms with van der Waals surface area (Å²) in [7, 11) is 0. The van der Waals surface area contributed by atoms with Crippen LogP contribution in [0.3, 0.4) is 0 Å². The Bertz CT molecular complexity index is 471. The number of alkyl halides is 2. The fourth-order valence-electron chi connectivity index (χ4n) is 2.21. The van der Waals surface area contributed by atoms with Crippen LogP contribution in [0.25, 0.3) is 0 Å². The zero-order chi connectivity index (χ0) is 15.1. The number of hydrogen-bond acceptors (Lipinski definition) is 4. The Labute approximate surface area is 134 Å². The van der Waals surface area contributed by atoms with E-state index < -0.39 is 12.5 Å². The summed E-state index contributed by atoms with van der Waals surface area (Å²) in [6.07, 6.45) is 0. The van der Waals surface area contributed by atoms with Gasteiger partial charge in [-0.2, -0.15) is 8.78 Å². The Morgan fingerprint density at radius 2 is 2.00 bits per heavy atom. The number of rotatable bonds is 6. The Kier molecular flexibility index (Phi) is 8.08. The molecule has 5 nitrogen and oxygen atoms in total.